The van der Waals surface area contributed by atoms with Crippen molar-refractivity contribution in [1.82, 2.24) is 0 Å². The fourth-order valence-electron chi connectivity index (χ4n) is 5.52. The van der Waals surface area contributed by atoms with Crippen molar-refractivity contribution in [2.24, 2.45) is 0 Å². The largest absolute Gasteiger partial charge is 0.494 e. The molecule has 0 radical (unpaired) electrons. The van der Waals surface area contributed by atoms with E-state index in [-0.39, 0.29) is 6.10 Å². The van der Waals surface area contributed by atoms with E-state index in [1.165, 1.54) is 89.9 Å². The number of hydrogen-bond donors (Lipinski definition) is 0. The predicted molar refractivity (Wildman–Crippen MR) is 195 cm³/mol. The van der Waals surface area contributed by atoms with E-state index in [4.69, 9.17) is 18.9 Å². The molecule has 0 spiro atoms. The molecule has 3 rings (SSSR count). The van der Waals surface area contributed by atoms with E-state index < -0.39 is 5.97 Å². The van der Waals surface area contributed by atoms with Gasteiger partial charge in [-0.05, 0) is 79.4 Å². The molecule has 258 valence electrons. The van der Waals surface area contributed by atoms with Crippen LogP contribution in [0.4, 0.5) is 0 Å². The average molecular weight is 645 g/mol. The summed E-state index contributed by atoms with van der Waals surface area (Å²) in [5.74, 6) is 1.71. The number of esters is 1. The Balaban J connectivity index is 1.31. The van der Waals surface area contributed by atoms with E-state index in [1.807, 2.05) is 43.3 Å². The van der Waals surface area contributed by atoms with Crippen LogP contribution in [0.15, 0.2) is 72.8 Å². The van der Waals surface area contributed by atoms with Crippen molar-refractivity contribution in [3.63, 3.8) is 0 Å². The van der Waals surface area contributed by atoms with Crippen LogP contribution in [0.2, 0.25) is 0 Å². The van der Waals surface area contributed by atoms with Crippen LogP contribution in [0, 0.1) is 0 Å². The molecule has 0 N–H and O–H groups in total. The maximum Gasteiger partial charge on any atom is 0.343 e. The first-order valence-electron chi connectivity index (χ1n) is 18.5. The lowest BCUT2D eigenvalue weighted by Gasteiger charge is -2.14. The lowest BCUT2D eigenvalue weighted by atomic mass is 10.0. The standard InChI is InChI=1S/C42H60O5/c1-4-6-8-10-12-13-14-15-17-19-33-45-39-26-24-37(25-27-39)36-20-22-38(23-21-36)42(43)47-41-30-28-40(29-31-41)46-34-35(3)44-32-18-16-11-9-7-5-2/h20-31,35H,4-19,32-34H2,1-3H3. The fraction of sp³-hybridized carbons (Fsp3) is 0.548. The van der Waals surface area contributed by atoms with Gasteiger partial charge in [0.25, 0.3) is 0 Å². The summed E-state index contributed by atoms with van der Waals surface area (Å²) in [7, 11) is 0. The summed E-state index contributed by atoms with van der Waals surface area (Å²) >= 11 is 0. The topological polar surface area (TPSA) is 54.0 Å². The minimum atomic E-state index is -0.391. The molecule has 0 saturated heterocycles. The van der Waals surface area contributed by atoms with Crippen molar-refractivity contribution < 1.29 is 23.7 Å². The van der Waals surface area contributed by atoms with Gasteiger partial charge >= 0.3 is 5.97 Å². The summed E-state index contributed by atoms with van der Waals surface area (Å²) in [5.41, 5.74) is 2.62. The van der Waals surface area contributed by atoms with Gasteiger partial charge in [0.1, 0.15) is 23.9 Å². The number of benzene rings is 3. The second-order valence-corrected chi connectivity index (χ2v) is 12.8. The van der Waals surface area contributed by atoms with Gasteiger partial charge in [0.15, 0.2) is 0 Å². The zero-order valence-corrected chi connectivity index (χ0v) is 29.5. The second-order valence-electron chi connectivity index (χ2n) is 12.8. The molecule has 0 aliphatic rings. The van der Waals surface area contributed by atoms with Gasteiger partial charge in [0.2, 0.25) is 0 Å². The highest BCUT2D eigenvalue weighted by molar-refractivity contribution is 5.91. The fourth-order valence-corrected chi connectivity index (χ4v) is 5.52. The Bertz CT molecular complexity index is 1200. The summed E-state index contributed by atoms with van der Waals surface area (Å²) in [6, 6.07) is 22.8. The van der Waals surface area contributed by atoms with Crippen LogP contribution in [0.25, 0.3) is 11.1 Å². The van der Waals surface area contributed by atoms with Crippen molar-refractivity contribution in [1.29, 1.82) is 0 Å². The van der Waals surface area contributed by atoms with E-state index in [0.29, 0.717) is 17.9 Å². The lowest BCUT2D eigenvalue weighted by molar-refractivity contribution is 0.0302. The Morgan fingerprint density at radius 1 is 0.511 bits per heavy atom. The number of hydrogen-bond acceptors (Lipinski definition) is 5. The van der Waals surface area contributed by atoms with Gasteiger partial charge in [-0.1, -0.05) is 128 Å². The molecule has 3 aromatic carbocycles. The van der Waals surface area contributed by atoms with Crippen LogP contribution in [0.5, 0.6) is 17.2 Å². The van der Waals surface area contributed by atoms with E-state index in [9.17, 15) is 4.79 Å². The normalized spacial score (nSPS) is 11.7. The smallest absolute Gasteiger partial charge is 0.343 e. The van der Waals surface area contributed by atoms with E-state index in [0.717, 1.165) is 48.7 Å². The second kappa shape index (κ2) is 23.9. The Hall–Kier alpha value is -3.31. The molecule has 1 unspecified atom stereocenters. The number of carbonyl (C=O) groups is 1. The van der Waals surface area contributed by atoms with Gasteiger partial charge in [-0.3, -0.25) is 0 Å². The molecule has 0 saturated carbocycles. The first kappa shape index (κ1) is 38.1. The van der Waals surface area contributed by atoms with E-state index >= 15 is 0 Å². The first-order chi connectivity index (χ1) is 23.1. The number of rotatable bonds is 26. The highest BCUT2D eigenvalue weighted by atomic mass is 16.5. The van der Waals surface area contributed by atoms with Gasteiger partial charge in [-0.25, -0.2) is 4.79 Å². The molecular formula is C42H60O5. The van der Waals surface area contributed by atoms with E-state index in [1.54, 1.807) is 24.3 Å². The molecule has 0 aromatic heterocycles. The van der Waals surface area contributed by atoms with Gasteiger partial charge in [0, 0.05) is 6.61 Å². The Labute approximate surface area is 285 Å². The van der Waals surface area contributed by atoms with Crippen LogP contribution in [0.3, 0.4) is 0 Å². The summed E-state index contributed by atoms with van der Waals surface area (Å²) in [4.78, 5) is 12.8. The first-order valence-corrected chi connectivity index (χ1v) is 18.5. The third-order valence-electron chi connectivity index (χ3n) is 8.49. The Morgan fingerprint density at radius 3 is 1.49 bits per heavy atom. The molecule has 3 aromatic rings. The number of carbonyl (C=O) groups excluding carboxylic acids is 1. The minimum Gasteiger partial charge on any atom is -0.494 e. The van der Waals surface area contributed by atoms with Gasteiger partial charge in [-0.15, -0.1) is 0 Å². The maximum atomic E-state index is 12.8. The van der Waals surface area contributed by atoms with Gasteiger partial charge in [-0.2, -0.15) is 0 Å². The van der Waals surface area contributed by atoms with Crippen LogP contribution in [0.1, 0.15) is 134 Å². The summed E-state index contributed by atoms with van der Waals surface area (Å²) in [6.45, 7) is 8.55. The quantitative estimate of drug-likeness (QED) is 0.0494. The van der Waals surface area contributed by atoms with Crippen LogP contribution >= 0.6 is 0 Å². The molecule has 0 heterocycles. The summed E-state index contributed by atoms with van der Waals surface area (Å²) < 4.78 is 23.3. The predicted octanol–water partition coefficient (Wildman–Crippen LogP) is 12.0. The monoisotopic (exact) mass is 644 g/mol. The lowest BCUT2D eigenvalue weighted by Crippen LogP contribution is -2.18. The van der Waals surface area contributed by atoms with Crippen molar-refractivity contribution in [2.75, 3.05) is 19.8 Å². The molecule has 0 aliphatic heterocycles. The zero-order chi connectivity index (χ0) is 33.4. The third kappa shape index (κ3) is 16.4. The van der Waals surface area contributed by atoms with Crippen molar-refractivity contribution in [3.8, 4) is 28.4 Å². The SMILES string of the molecule is CCCCCCCCCCCCOc1ccc(-c2ccc(C(=O)Oc3ccc(OCC(C)OCCCCCCCC)cc3)cc2)cc1. The van der Waals surface area contributed by atoms with Crippen LogP contribution < -0.4 is 14.2 Å². The van der Waals surface area contributed by atoms with Crippen molar-refractivity contribution >= 4 is 5.97 Å². The van der Waals surface area contributed by atoms with Crippen molar-refractivity contribution in [3.05, 3.63) is 78.4 Å². The molecule has 5 nitrogen and oxygen atoms in total. The third-order valence-corrected chi connectivity index (χ3v) is 8.49. The summed E-state index contributed by atoms with van der Waals surface area (Å²) in [6.07, 6.45) is 20.8. The molecule has 1 atom stereocenters. The van der Waals surface area contributed by atoms with Crippen LogP contribution in [-0.2, 0) is 4.74 Å². The number of ether oxygens (including phenoxy) is 4. The molecule has 0 aliphatic carbocycles. The van der Waals surface area contributed by atoms with Gasteiger partial charge < -0.3 is 18.9 Å². The number of unbranched alkanes of at least 4 members (excludes halogenated alkanes) is 14. The molecule has 47 heavy (non-hydrogen) atoms. The van der Waals surface area contributed by atoms with Crippen molar-refractivity contribution in [2.45, 2.75) is 130 Å². The van der Waals surface area contributed by atoms with Gasteiger partial charge in [0.05, 0.1) is 18.3 Å². The highest BCUT2D eigenvalue weighted by Crippen LogP contribution is 2.24. The molecule has 0 fully saturated rings. The molecule has 0 bridgehead atoms. The maximum absolute atomic E-state index is 12.8. The molecular weight excluding hydrogens is 584 g/mol. The zero-order valence-electron chi connectivity index (χ0n) is 29.5. The Kier molecular flexibility index (Phi) is 19.4. The highest BCUT2D eigenvalue weighted by Gasteiger charge is 2.10. The van der Waals surface area contributed by atoms with E-state index in [2.05, 4.69) is 26.0 Å². The Morgan fingerprint density at radius 2 is 0.936 bits per heavy atom. The molecule has 5 heteroatoms. The average Bonchev–Trinajstić information content (AvgIpc) is 3.10. The summed E-state index contributed by atoms with van der Waals surface area (Å²) in [5, 5.41) is 0. The van der Waals surface area contributed by atoms with Crippen LogP contribution in [-0.4, -0.2) is 31.9 Å². The molecule has 0 amide bonds. The minimum absolute atomic E-state index is 0.0246.